The fourth-order valence-corrected chi connectivity index (χ4v) is 4.12. The summed E-state index contributed by atoms with van der Waals surface area (Å²) in [6.07, 6.45) is 3.76. The van der Waals surface area contributed by atoms with Gasteiger partial charge in [0.05, 0.1) is 0 Å². The lowest BCUT2D eigenvalue weighted by molar-refractivity contribution is 0.0953. The number of amides is 1. The molecule has 1 saturated heterocycles. The molecule has 1 aliphatic rings. The third-order valence-electron chi connectivity index (χ3n) is 6.00. The maximum Gasteiger partial charge on any atom is 0.251 e. The number of nitrogens with one attached hydrogen (secondary N) is 1. The van der Waals surface area contributed by atoms with E-state index in [-0.39, 0.29) is 11.7 Å². The van der Waals surface area contributed by atoms with Crippen LogP contribution >= 0.6 is 0 Å². The lowest BCUT2D eigenvalue weighted by atomic mass is 10.0. The highest BCUT2D eigenvalue weighted by molar-refractivity contribution is 5.98. The fraction of sp³-hybridized carbons (Fsp3) is 0.286. The van der Waals surface area contributed by atoms with Gasteiger partial charge < -0.3 is 5.32 Å². The van der Waals surface area contributed by atoms with Crippen LogP contribution in [0.15, 0.2) is 78.9 Å². The second-order valence-electron chi connectivity index (χ2n) is 8.47. The first-order valence-corrected chi connectivity index (χ1v) is 11.4. The maximum absolute atomic E-state index is 12.5. The van der Waals surface area contributed by atoms with Crippen LogP contribution in [0.4, 0.5) is 0 Å². The zero-order valence-electron chi connectivity index (χ0n) is 18.4. The van der Waals surface area contributed by atoms with Gasteiger partial charge in [0.15, 0.2) is 5.78 Å². The predicted octanol–water partition coefficient (Wildman–Crippen LogP) is 4.68. The van der Waals surface area contributed by atoms with Crippen molar-refractivity contribution < 1.29 is 9.59 Å². The first kappa shape index (κ1) is 22.0. The van der Waals surface area contributed by atoms with Gasteiger partial charge in [-0.1, -0.05) is 66.7 Å². The molecule has 0 atom stereocenters. The van der Waals surface area contributed by atoms with Crippen LogP contribution < -0.4 is 5.32 Å². The fourth-order valence-electron chi connectivity index (χ4n) is 4.12. The van der Waals surface area contributed by atoms with Crippen molar-refractivity contribution in [1.82, 2.24) is 10.2 Å². The molecule has 1 N–H and O–H groups in total. The van der Waals surface area contributed by atoms with Gasteiger partial charge in [0.25, 0.3) is 5.91 Å². The highest BCUT2D eigenvalue weighted by atomic mass is 16.1. The quantitative estimate of drug-likeness (QED) is 0.506. The summed E-state index contributed by atoms with van der Waals surface area (Å²) < 4.78 is 0. The van der Waals surface area contributed by atoms with Crippen molar-refractivity contribution in [3.63, 3.8) is 0 Å². The van der Waals surface area contributed by atoms with Crippen LogP contribution in [0.5, 0.6) is 0 Å². The van der Waals surface area contributed by atoms with Crippen LogP contribution in [-0.4, -0.2) is 36.2 Å². The van der Waals surface area contributed by atoms with E-state index in [1.165, 1.54) is 37.1 Å². The molecule has 0 radical (unpaired) electrons. The highest BCUT2D eigenvalue weighted by Crippen LogP contribution is 2.14. The Balaban J connectivity index is 1.22. The number of benzene rings is 3. The molecule has 0 aromatic heterocycles. The number of hydrogen-bond donors (Lipinski definition) is 1. The molecular weight excluding hydrogens is 396 g/mol. The molecule has 1 fully saturated rings. The molecule has 1 heterocycles. The van der Waals surface area contributed by atoms with E-state index < -0.39 is 0 Å². The van der Waals surface area contributed by atoms with Gasteiger partial charge in [0.1, 0.15) is 0 Å². The monoisotopic (exact) mass is 426 g/mol. The number of nitrogens with zero attached hydrogens (tertiary/aromatic N) is 1. The average molecular weight is 427 g/mol. The molecular formula is C28H30N2O2. The summed E-state index contributed by atoms with van der Waals surface area (Å²) in [5.41, 5.74) is 4.81. The van der Waals surface area contributed by atoms with Crippen molar-refractivity contribution in [2.24, 2.45) is 0 Å². The molecule has 0 bridgehead atoms. The van der Waals surface area contributed by atoms with E-state index in [2.05, 4.69) is 34.5 Å². The Hall–Kier alpha value is -3.24. The van der Waals surface area contributed by atoms with Crippen molar-refractivity contribution in [1.29, 1.82) is 0 Å². The average Bonchev–Trinajstić information content (AvgIpc) is 3.34. The smallest absolute Gasteiger partial charge is 0.251 e. The molecule has 1 amide bonds. The lowest BCUT2D eigenvalue weighted by Crippen LogP contribution is -2.25. The van der Waals surface area contributed by atoms with E-state index in [1.54, 1.807) is 12.1 Å². The molecule has 0 aliphatic carbocycles. The molecule has 3 aromatic rings. The van der Waals surface area contributed by atoms with E-state index in [4.69, 9.17) is 0 Å². The Morgan fingerprint density at radius 1 is 0.719 bits per heavy atom. The van der Waals surface area contributed by atoms with E-state index in [9.17, 15) is 9.59 Å². The Bertz CT molecular complexity index is 1020. The van der Waals surface area contributed by atoms with Crippen LogP contribution in [0, 0.1) is 0 Å². The van der Waals surface area contributed by atoms with Crippen molar-refractivity contribution >= 4 is 11.7 Å². The summed E-state index contributed by atoms with van der Waals surface area (Å²) in [4.78, 5) is 27.3. The third-order valence-corrected chi connectivity index (χ3v) is 6.00. The van der Waals surface area contributed by atoms with E-state index >= 15 is 0 Å². The van der Waals surface area contributed by atoms with Gasteiger partial charge in [-0.05, 0) is 61.2 Å². The van der Waals surface area contributed by atoms with Crippen LogP contribution in [0.3, 0.4) is 0 Å². The van der Waals surface area contributed by atoms with E-state index in [1.807, 2.05) is 42.5 Å². The third kappa shape index (κ3) is 6.14. The normalized spacial score (nSPS) is 13.8. The van der Waals surface area contributed by atoms with Gasteiger partial charge in [0, 0.05) is 30.6 Å². The molecule has 4 rings (SSSR count). The lowest BCUT2D eigenvalue weighted by Gasteiger charge is -2.14. The topological polar surface area (TPSA) is 49.4 Å². The SMILES string of the molecule is O=C(Cc1ccc(C(=O)NCCc2ccc(CN3CCCC3)cc2)cc1)c1ccccc1. The van der Waals surface area contributed by atoms with Crippen molar-refractivity contribution in [2.45, 2.75) is 32.2 Å². The molecule has 0 spiro atoms. The summed E-state index contributed by atoms with van der Waals surface area (Å²) in [6, 6.07) is 25.3. The summed E-state index contributed by atoms with van der Waals surface area (Å²) in [5.74, 6) is -0.00848. The first-order valence-electron chi connectivity index (χ1n) is 11.4. The van der Waals surface area contributed by atoms with Crippen molar-refractivity contribution in [3.8, 4) is 0 Å². The number of hydrogen-bond acceptors (Lipinski definition) is 3. The van der Waals surface area contributed by atoms with Crippen LogP contribution in [0.1, 0.15) is 50.2 Å². The van der Waals surface area contributed by atoms with Crippen LogP contribution in [0.2, 0.25) is 0 Å². The zero-order valence-corrected chi connectivity index (χ0v) is 18.4. The van der Waals surface area contributed by atoms with Gasteiger partial charge in [-0.15, -0.1) is 0 Å². The molecule has 0 saturated carbocycles. The van der Waals surface area contributed by atoms with Gasteiger partial charge in [-0.2, -0.15) is 0 Å². The van der Waals surface area contributed by atoms with Crippen LogP contribution in [-0.2, 0) is 19.4 Å². The van der Waals surface area contributed by atoms with Gasteiger partial charge in [-0.3, -0.25) is 14.5 Å². The van der Waals surface area contributed by atoms with Crippen molar-refractivity contribution in [2.75, 3.05) is 19.6 Å². The molecule has 4 heteroatoms. The second kappa shape index (κ2) is 10.9. The standard InChI is InChI=1S/C28H30N2O2/c31-27(25-6-2-1-3-7-25)20-23-12-14-26(15-13-23)28(32)29-17-16-22-8-10-24(11-9-22)21-30-18-4-5-19-30/h1-3,6-15H,4-5,16-21H2,(H,29,32). The highest BCUT2D eigenvalue weighted by Gasteiger charge is 2.12. The summed E-state index contributed by atoms with van der Waals surface area (Å²) >= 11 is 0. The molecule has 4 nitrogen and oxygen atoms in total. The molecule has 164 valence electrons. The Kier molecular flexibility index (Phi) is 7.47. The number of likely N-dealkylation sites (tertiary alicyclic amines) is 1. The van der Waals surface area contributed by atoms with Gasteiger partial charge >= 0.3 is 0 Å². The molecule has 32 heavy (non-hydrogen) atoms. The second-order valence-corrected chi connectivity index (χ2v) is 8.47. The predicted molar refractivity (Wildman–Crippen MR) is 128 cm³/mol. The summed E-state index contributed by atoms with van der Waals surface area (Å²) in [5, 5.41) is 2.99. The van der Waals surface area contributed by atoms with Crippen LogP contribution in [0.25, 0.3) is 0 Å². The Morgan fingerprint density at radius 2 is 1.34 bits per heavy atom. The number of carbonyl (C=O) groups is 2. The van der Waals surface area contributed by atoms with E-state index in [0.29, 0.717) is 24.1 Å². The molecule has 1 aliphatic heterocycles. The number of ketones is 1. The Morgan fingerprint density at radius 3 is 2.03 bits per heavy atom. The first-order chi connectivity index (χ1) is 15.7. The minimum absolute atomic E-state index is 0.0780. The van der Waals surface area contributed by atoms with Crippen molar-refractivity contribution in [3.05, 3.63) is 107 Å². The summed E-state index contributed by atoms with van der Waals surface area (Å²) in [7, 11) is 0. The Labute approximate surface area is 190 Å². The minimum atomic E-state index is -0.0865. The summed E-state index contributed by atoms with van der Waals surface area (Å²) in [6.45, 7) is 4.04. The van der Waals surface area contributed by atoms with E-state index in [0.717, 1.165) is 18.5 Å². The molecule has 3 aromatic carbocycles. The number of Topliss-reactive ketones (excluding diaryl/α,β-unsaturated/α-hetero) is 1. The largest absolute Gasteiger partial charge is 0.352 e. The zero-order chi connectivity index (χ0) is 22.2. The minimum Gasteiger partial charge on any atom is -0.352 e. The number of rotatable bonds is 9. The number of carbonyl (C=O) groups excluding carboxylic acids is 2. The maximum atomic E-state index is 12.5. The van der Waals surface area contributed by atoms with Gasteiger partial charge in [-0.25, -0.2) is 0 Å². The molecule has 0 unspecified atom stereocenters. The van der Waals surface area contributed by atoms with Gasteiger partial charge in [0.2, 0.25) is 0 Å².